The molecule has 0 aliphatic carbocycles. The molecule has 1 saturated heterocycles. The van der Waals surface area contributed by atoms with Gasteiger partial charge in [-0.25, -0.2) is 15.0 Å². The van der Waals surface area contributed by atoms with Gasteiger partial charge in [-0.1, -0.05) is 6.07 Å². The maximum Gasteiger partial charge on any atom is 0.226 e. The molecule has 8 heteroatoms. The Bertz CT molecular complexity index is 974. The average Bonchev–Trinajstić information content (AvgIpc) is 3.28. The summed E-state index contributed by atoms with van der Waals surface area (Å²) in [6, 6.07) is 7.62. The summed E-state index contributed by atoms with van der Waals surface area (Å²) in [6.07, 6.45) is 4.67. The van der Waals surface area contributed by atoms with Crippen LogP contribution in [0.4, 0.5) is 5.95 Å². The first-order valence-corrected chi connectivity index (χ1v) is 10.1. The highest BCUT2D eigenvalue weighted by Crippen LogP contribution is 2.29. The van der Waals surface area contributed by atoms with Crippen molar-refractivity contribution in [3.63, 3.8) is 0 Å². The summed E-state index contributed by atoms with van der Waals surface area (Å²) in [5.41, 5.74) is 2.67. The highest BCUT2D eigenvalue weighted by atomic mass is 32.1. The van der Waals surface area contributed by atoms with E-state index < -0.39 is 0 Å². The zero-order chi connectivity index (χ0) is 19.5. The number of carbonyl (C=O) groups is 1. The second-order valence-electron chi connectivity index (χ2n) is 6.89. The smallest absolute Gasteiger partial charge is 0.226 e. The molecule has 3 aromatic heterocycles. The maximum atomic E-state index is 12.3. The number of nitrogens with one attached hydrogen (secondary N) is 1. The molecule has 0 saturated carbocycles. The van der Waals surface area contributed by atoms with Crippen LogP contribution < -0.4 is 10.2 Å². The first-order valence-electron chi connectivity index (χ1n) is 9.30. The highest BCUT2D eigenvalue weighted by Gasteiger charge is 2.26. The number of aromatic nitrogens is 4. The SMILES string of the molecule is Cc1nc(C)c(-c2ccnc(N3CCC(NC(=O)Cc4ccccn4)C3)n2)s1. The van der Waals surface area contributed by atoms with Crippen LogP contribution in [0.15, 0.2) is 36.7 Å². The number of hydrogen-bond donors (Lipinski definition) is 1. The number of aryl methyl sites for hydroxylation is 2. The van der Waals surface area contributed by atoms with Crippen molar-refractivity contribution in [3.05, 3.63) is 53.1 Å². The molecule has 144 valence electrons. The van der Waals surface area contributed by atoms with E-state index >= 15 is 0 Å². The molecule has 3 aromatic rings. The van der Waals surface area contributed by atoms with Gasteiger partial charge >= 0.3 is 0 Å². The zero-order valence-corrected chi connectivity index (χ0v) is 16.7. The summed E-state index contributed by atoms with van der Waals surface area (Å²) in [4.78, 5) is 33.4. The number of thiazole rings is 1. The molecule has 1 N–H and O–H groups in total. The molecule has 1 unspecified atom stereocenters. The van der Waals surface area contributed by atoms with Crippen molar-refractivity contribution in [3.8, 4) is 10.6 Å². The number of hydrogen-bond acceptors (Lipinski definition) is 7. The van der Waals surface area contributed by atoms with Gasteiger partial charge in [0.25, 0.3) is 0 Å². The van der Waals surface area contributed by atoms with E-state index in [9.17, 15) is 4.79 Å². The Morgan fingerprint density at radius 3 is 2.86 bits per heavy atom. The third-order valence-electron chi connectivity index (χ3n) is 4.68. The van der Waals surface area contributed by atoms with Crippen molar-refractivity contribution in [1.82, 2.24) is 25.3 Å². The van der Waals surface area contributed by atoms with Gasteiger partial charge in [0, 0.05) is 37.2 Å². The Balaban J connectivity index is 1.40. The first-order chi connectivity index (χ1) is 13.6. The van der Waals surface area contributed by atoms with Gasteiger partial charge in [-0.3, -0.25) is 9.78 Å². The Morgan fingerprint density at radius 1 is 1.21 bits per heavy atom. The van der Waals surface area contributed by atoms with Gasteiger partial charge in [-0.05, 0) is 38.5 Å². The van der Waals surface area contributed by atoms with Crippen LogP contribution in [0.5, 0.6) is 0 Å². The minimum Gasteiger partial charge on any atom is -0.351 e. The van der Waals surface area contributed by atoms with Crippen molar-refractivity contribution in [2.24, 2.45) is 0 Å². The Kier molecular flexibility index (Phi) is 5.29. The summed E-state index contributed by atoms with van der Waals surface area (Å²) >= 11 is 1.65. The standard InChI is InChI=1S/C20H22N6OS/c1-13-19(28-14(2)23-13)17-6-9-22-20(25-17)26-10-7-16(12-26)24-18(27)11-15-5-3-4-8-21-15/h3-6,8-9,16H,7,10-12H2,1-2H3,(H,24,27). The largest absolute Gasteiger partial charge is 0.351 e. The van der Waals surface area contributed by atoms with Crippen molar-refractivity contribution < 1.29 is 4.79 Å². The third kappa shape index (κ3) is 4.17. The number of amides is 1. The first kappa shape index (κ1) is 18.5. The van der Waals surface area contributed by atoms with Crippen molar-refractivity contribution >= 4 is 23.2 Å². The molecule has 7 nitrogen and oxygen atoms in total. The molecular formula is C20H22N6OS. The van der Waals surface area contributed by atoms with E-state index in [0.29, 0.717) is 18.9 Å². The lowest BCUT2D eigenvalue weighted by atomic mass is 10.2. The van der Waals surface area contributed by atoms with E-state index in [1.54, 1.807) is 23.7 Å². The molecule has 1 aliphatic heterocycles. The summed E-state index contributed by atoms with van der Waals surface area (Å²) in [6.45, 7) is 5.53. The number of carbonyl (C=O) groups excluding carboxylic acids is 1. The number of nitrogens with zero attached hydrogens (tertiary/aromatic N) is 5. The third-order valence-corrected chi connectivity index (χ3v) is 5.78. The molecular weight excluding hydrogens is 372 g/mol. The molecule has 1 amide bonds. The second-order valence-corrected chi connectivity index (χ2v) is 8.09. The van der Waals surface area contributed by atoms with Gasteiger partial charge in [-0.2, -0.15) is 0 Å². The quantitative estimate of drug-likeness (QED) is 0.716. The lowest BCUT2D eigenvalue weighted by Crippen LogP contribution is -2.38. The van der Waals surface area contributed by atoms with E-state index in [2.05, 4.69) is 25.2 Å². The van der Waals surface area contributed by atoms with Crippen LogP contribution in [-0.2, 0) is 11.2 Å². The lowest BCUT2D eigenvalue weighted by molar-refractivity contribution is -0.121. The topological polar surface area (TPSA) is 83.9 Å². The van der Waals surface area contributed by atoms with Gasteiger partial charge in [0.2, 0.25) is 11.9 Å². The van der Waals surface area contributed by atoms with Crippen LogP contribution in [0.25, 0.3) is 10.6 Å². The predicted molar refractivity (Wildman–Crippen MR) is 109 cm³/mol. The van der Waals surface area contributed by atoms with E-state index in [1.807, 2.05) is 38.1 Å². The van der Waals surface area contributed by atoms with E-state index in [-0.39, 0.29) is 11.9 Å². The van der Waals surface area contributed by atoms with Gasteiger partial charge in [-0.15, -0.1) is 11.3 Å². The minimum atomic E-state index is -0.00372. The number of anilines is 1. The molecule has 0 aromatic carbocycles. The molecule has 1 fully saturated rings. The molecule has 1 atom stereocenters. The maximum absolute atomic E-state index is 12.3. The Morgan fingerprint density at radius 2 is 2.11 bits per heavy atom. The molecule has 1 aliphatic rings. The van der Waals surface area contributed by atoms with Gasteiger partial charge in [0.05, 0.1) is 27.7 Å². The molecule has 0 bridgehead atoms. The fourth-order valence-electron chi connectivity index (χ4n) is 3.40. The fourth-order valence-corrected chi connectivity index (χ4v) is 4.29. The van der Waals surface area contributed by atoms with Crippen LogP contribution in [-0.4, -0.2) is 45.0 Å². The summed E-state index contributed by atoms with van der Waals surface area (Å²) in [5, 5.41) is 4.13. The molecule has 0 spiro atoms. The van der Waals surface area contributed by atoms with E-state index in [0.717, 1.165) is 39.9 Å². The van der Waals surface area contributed by atoms with Crippen molar-refractivity contribution in [2.75, 3.05) is 18.0 Å². The van der Waals surface area contributed by atoms with E-state index in [1.165, 1.54) is 0 Å². The van der Waals surface area contributed by atoms with Gasteiger partial charge < -0.3 is 10.2 Å². The number of rotatable bonds is 5. The van der Waals surface area contributed by atoms with Gasteiger partial charge in [0.15, 0.2) is 0 Å². The Labute approximate surface area is 167 Å². The molecule has 4 rings (SSSR count). The highest BCUT2D eigenvalue weighted by molar-refractivity contribution is 7.15. The van der Waals surface area contributed by atoms with Crippen LogP contribution in [0, 0.1) is 13.8 Å². The Hall–Kier alpha value is -2.87. The van der Waals surface area contributed by atoms with Crippen molar-refractivity contribution in [2.45, 2.75) is 32.7 Å². The number of pyridine rings is 1. The molecule has 4 heterocycles. The summed E-state index contributed by atoms with van der Waals surface area (Å²) in [7, 11) is 0. The van der Waals surface area contributed by atoms with Crippen molar-refractivity contribution in [1.29, 1.82) is 0 Å². The molecule has 28 heavy (non-hydrogen) atoms. The predicted octanol–water partition coefficient (Wildman–Crippen LogP) is 2.55. The van der Waals surface area contributed by atoms with Crippen LogP contribution in [0.1, 0.15) is 22.8 Å². The monoisotopic (exact) mass is 394 g/mol. The fraction of sp³-hybridized carbons (Fsp3) is 0.350. The normalized spacial score (nSPS) is 16.4. The van der Waals surface area contributed by atoms with Crippen LogP contribution >= 0.6 is 11.3 Å². The summed E-state index contributed by atoms with van der Waals surface area (Å²) in [5.74, 6) is 0.695. The summed E-state index contributed by atoms with van der Waals surface area (Å²) < 4.78 is 0. The molecule has 0 radical (unpaired) electrons. The minimum absolute atomic E-state index is 0.00372. The lowest BCUT2D eigenvalue weighted by Gasteiger charge is -2.17. The second kappa shape index (κ2) is 8.02. The zero-order valence-electron chi connectivity index (χ0n) is 15.9. The van der Waals surface area contributed by atoms with Crippen LogP contribution in [0.2, 0.25) is 0 Å². The average molecular weight is 395 g/mol. The van der Waals surface area contributed by atoms with E-state index in [4.69, 9.17) is 4.98 Å². The van der Waals surface area contributed by atoms with Gasteiger partial charge in [0.1, 0.15) is 0 Å². The van der Waals surface area contributed by atoms with Crippen LogP contribution in [0.3, 0.4) is 0 Å².